The zero-order valence-electron chi connectivity index (χ0n) is 19.2. The highest BCUT2D eigenvalue weighted by Gasteiger charge is 2.51. The van der Waals surface area contributed by atoms with Gasteiger partial charge in [0.2, 0.25) is 0 Å². The van der Waals surface area contributed by atoms with Gasteiger partial charge in [0.05, 0.1) is 12.7 Å². The summed E-state index contributed by atoms with van der Waals surface area (Å²) < 4.78 is 27.1. The van der Waals surface area contributed by atoms with E-state index in [1.165, 1.54) is 29.2 Å². The van der Waals surface area contributed by atoms with Gasteiger partial charge in [-0.05, 0) is 48.2 Å². The first-order chi connectivity index (χ1) is 16.4. The summed E-state index contributed by atoms with van der Waals surface area (Å²) in [6.45, 7) is 3.06. The summed E-state index contributed by atoms with van der Waals surface area (Å²) in [4.78, 5) is 31.5. The van der Waals surface area contributed by atoms with Gasteiger partial charge in [-0.1, -0.05) is 43.5 Å². The van der Waals surface area contributed by atoms with Crippen molar-refractivity contribution in [3.63, 3.8) is 0 Å². The maximum atomic E-state index is 13.6. The number of urea groups is 1. The van der Waals surface area contributed by atoms with Crippen LogP contribution < -0.4 is 5.32 Å². The minimum Gasteiger partial charge on any atom is -0.323 e. The zero-order chi connectivity index (χ0) is 23.7. The lowest BCUT2D eigenvalue weighted by Gasteiger charge is -2.40. The molecule has 2 aliphatic heterocycles. The fourth-order valence-electron chi connectivity index (χ4n) is 5.57. The van der Waals surface area contributed by atoms with Gasteiger partial charge in [-0.25, -0.2) is 18.5 Å². The number of nitrogens with one attached hydrogen (secondary N) is 1. The summed E-state index contributed by atoms with van der Waals surface area (Å²) in [5, 5.41) is 2.98. The Morgan fingerprint density at radius 1 is 0.794 bits per heavy atom. The first-order valence-corrected chi connectivity index (χ1v) is 12.1. The molecule has 0 radical (unpaired) electrons. The van der Waals surface area contributed by atoms with Crippen molar-refractivity contribution in [2.75, 3.05) is 32.8 Å². The average molecular weight is 469 g/mol. The van der Waals surface area contributed by atoms with Gasteiger partial charge in [-0.2, -0.15) is 0 Å². The van der Waals surface area contributed by atoms with Gasteiger partial charge in [0, 0.05) is 26.2 Å². The number of hydrogen-bond donors (Lipinski definition) is 1. The summed E-state index contributed by atoms with van der Waals surface area (Å²) in [5.74, 6) is -0.679. The third-order valence-corrected chi connectivity index (χ3v) is 7.44. The number of imide groups is 1. The van der Waals surface area contributed by atoms with Crippen molar-refractivity contribution in [2.45, 2.75) is 43.7 Å². The molecule has 2 saturated heterocycles. The van der Waals surface area contributed by atoms with E-state index < -0.39 is 5.54 Å². The van der Waals surface area contributed by atoms with E-state index in [0.717, 1.165) is 43.2 Å². The first-order valence-electron chi connectivity index (χ1n) is 12.1. The number of carbonyl (C=O) groups excluding carboxylic acids is 2. The summed E-state index contributed by atoms with van der Waals surface area (Å²) >= 11 is 0. The normalized spacial score (nSPS) is 21.4. The first kappa shape index (κ1) is 22.9. The Kier molecular flexibility index (Phi) is 6.36. The molecule has 34 heavy (non-hydrogen) atoms. The molecular weight excluding hydrogens is 438 g/mol. The second-order valence-corrected chi connectivity index (χ2v) is 9.61. The number of piperazine rings is 1. The van der Waals surface area contributed by atoms with Crippen LogP contribution in [0.4, 0.5) is 13.6 Å². The smallest absolute Gasteiger partial charge is 0.323 e. The molecule has 3 fully saturated rings. The molecule has 2 heterocycles. The largest absolute Gasteiger partial charge is 0.326 e. The molecule has 0 aromatic heterocycles. The molecule has 1 spiro atoms. The molecule has 0 unspecified atom stereocenters. The highest BCUT2D eigenvalue weighted by Crippen LogP contribution is 2.34. The number of amides is 3. The predicted molar refractivity (Wildman–Crippen MR) is 124 cm³/mol. The van der Waals surface area contributed by atoms with E-state index in [1.54, 1.807) is 24.3 Å². The Morgan fingerprint density at radius 2 is 1.32 bits per heavy atom. The predicted octanol–water partition coefficient (Wildman–Crippen LogP) is 3.88. The minimum atomic E-state index is -0.701. The average Bonchev–Trinajstić information content (AvgIpc) is 3.07. The number of nitrogens with zero attached hydrogens (tertiary/aromatic N) is 3. The molecular formula is C26H30F2N4O2. The van der Waals surface area contributed by atoms with E-state index in [4.69, 9.17) is 0 Å². The van der Waals surface area contributed by atoms with Gasteiger partial charge >= 0.3 is 6.03 Å². The monoisotopic (exact) mass is 468 g/mol. The maximum Gasteiger partial charge on any atom is 0.326 e. The molecule has 1 aliphatic carbocycles. The summed E-state index contributed by atoms with van der Waals surface area (Å²) in [6.07, 6.45) is 4.48. The van der Waals surface area contributed by atoms with Crippen LogP contribution in [0.3, 0.4) is 0 Å². The van der Waals surface area contributed by atoms with Crippen molar-refractivity contribution in [3.05, 3.63) is 71.3 Å². The summed E-state index contributed by atoms with van der Waals surface area (Å²) in [6, 6.07) is 12.4. The molecule has 8 heteroatoms. The van der Waals surface area contributed by atoms with Crippen molar-refractivity contribution < 1.29 is 18.4 Å². The molecule has 0 bridgehead atoms. The van der Waals surface area contributed by atoms with E-state index in [-0.39, 0.29) is 36.3 Å². The Bertz CT molecular complexity index is 984. The van der Waals surface area contributed by atoms with E-state index in [0.29, 0.717) is 26.2 Å². The molecule has 0 atom stereocenters. The Labute approximate surface area is 198 Å². The van der Waals surface area contributed by atoms with Crippen LogP contribution in [-0.4, -0.2) is 65.0 Å². The number of halogens is 2. The lowest BCUT2D eigenvalue weighted by atomic mass is 9.82. The van der Waals surface area contributed by atoms with E-state index in [1.807, 2.05) is 0 Å². The lowest BCUT2D eigenvalue weighted by Crippen LogP contribution is -2.53. The van der Waals surface area contributed by atoms with Gasteiger partial charge in [0.15, 0.2) is 0 Å². The van der Waals surface area contributed by atoms with Crippen molar-refractivity contribution >= 4 is 11.9 Å². The topological polar surface area (TPSA) is 55.9 Å². The second kappa shape index (κ2) is 9.43. The van der Waals surface area contributed by atoms with Gasteiger partial charge in [0.1, 0.15) is 17.2 Å². The van der Waals surface area contributed by atoms with E-state index in [2.05, 4.69) is 15.1 Å². The maximum absolute atomic E-state index is 13.6. The highest BCUT2D eigenvalue weighted by molar-refractivity contribution is 6.07. The Morgan fingerprint density at radius 3 is 1.85 bits per heavy atom. The molecule has 6 nitrogen and oxygen atoms in total. The van der Waals surface area contributed by atoms with E-state index >= 15 is 0 Å². The van der Waals surface area contributed by atoms with Crippen molar-refractivity contribution in [2.24, 2.45) is 0 Å². The van der Waals surface area contributed by atoms with Crippen LogP contribution in [0.5, 0.6) is 0 Å². The van der Waals surface area contributed by atoms with Crippen LogP contribution in [0, 0.1) is 11.6 Å². The van der Waals surface area contributed by atoms with Gasteiger partial charge < -0.3 is 5.32 Å². The summed E-state index contributed by atoms with van der Waals surface area (Å²) in [7, 11) is 0. The second-order valence-electron chi connectivity index (χ2n) is 9.61. The highest BCUT2D eigenvalue weighted by atomic mass is 19.1. The van der Waals surface area contributed by atoms with Crippen molar-refractivity contribution in [3.8, 4) is 0 Å². The van der Waals surface area contributed by atoms with Gasteiger partial charge in [-0.15, -0.1) is 0 Å². The number of hydrogen-bond acceptors (Lipinski definition) is 4. The SMILES string of the molecule is O=C1NC2(CCCCC2)C(=O)N1CN1CCN(C(c2ccc(F)cc2)c2ccc(F)cc2)CC1. The standard InChI is InChI=1S/C26H30F2N4O2/c27-21-8-4-19(5-9-21)23(20-6-10-22(28)11-7-20)31-16-14-30(15-17-31)18-32-24(33)26(29-25(32)34)12-2-1-3-13-26/h4-11,23H,1-3,12-18H2,(H,29,34). The van der Waals surface area contributed by atoms with Crippen LogP contribution in [-0.2, 0) is 4.79 Å². The van der Waals surface area contributed by atoms with Crippen LogP contribution in [0.15, 0.2) is 48.5 Å². The van der Waals surface area contributed by atoms with Gasteiger partial charge in [0.25, 0.3) is 5.91 Å². The van der Waals surface area contributed by atoms with Crippen LogP contribution in [0.2, 0.25) is 0 Å². The molecule has 5 rings (SSSR count). The van der Waals surface area contributed by atoms with Gasteiger partial charge in [-0.3, -0.25) is 14.6 Å². The van der Waals surface area contributed by atoms with Crippen LogP contribution >= 0.6 is 0 Å². The lowest BCUT2D eigenvalue weighted by molar-refractivity contribution is -0.134. The Balaban J connectivity index is 1.27. The third-order valence-electron chi connectivity index (χ3n) is 7.44. The molecule has 3 amide bonds. The zero-order valence-corrected chi connectivity index (χ0v) is 19.2. The van der Waals surface area contributed by atoms with Crippen LogP contribution in [0.25, 0.3) is 0 Å². The number of carbonyl (C=O) groups is 2. The van der Waals surface area contributed by atoms with Crippen molar-refractivity contribution in [1.29, 1.82) is 0 Å². The fraction of sp³-hybridized carbons (Fsp3) is 0.462. The third kappa shape index (κ3) is 4.44. The van der Waals surface area contributed by atoms with E-state index in [9.17, 15) is 18.4 Å². The van der Waals surface area contributed by atoms with Crippen molar-refractivity contribution in [1.82, 2.24) is 20.0 Å². The number of rotatable bonds is 5. The fourth-order valence-corrected chi connectivity index (χ4v) is 5.57. The molecule has 180 valence electrons. The Hall–Kier alpha value is -2.84. The molecule has 3 aliphatic rings. The molecule has 1 N–H and O–H groups in total. The molecule has 1 saturated carbocycles. The summed E-state index contributed by atoms with van der Waals surface area (Å²) in [5.41, 5.74) is 1.18. The minimum absolute atomic E-state index is 0.0878. The molecule has 2 aromatic rings. The quantitative estimate of drug-likeness (QED) is 0.677. The van der Waals surface area contributed by atoms with Crippen LogP contribution in [0.1, 0.15) is 49.3 Å². The molecule has 2 aromatic carbocycles. The number of benzene rings is 2.